The van der Waals surface area contributed by atoms with Gasteiger partial charge in [-0.25, -0.2) is 9.78 Å². The average Bonchev–Trinajstić information content (AvgIpc) is 2.38. The number of pyridine rings is 1. The average molecular weight is 263 g/mol. The van der Waals surface area contributed by atoms with Gasteiger partial charge in [0.25, 0.3) is 0 Å². The summed E-state index contributed by atoms with van der Waals surface area (Å²) in [7, 11) is 0. The van der Waals surface area contributed by atoms with Crippen LogP contribution in [0.4, 0.5) is 5.69 Å². The van der Waals surface area contributed by atoms with E-state index >= 15 is 0 Å². The fourth-order valence-corrected chi connectivity index (χ4v) is 1.98. The molecule has 1 aromatic rings. The van der Waals surface area contributed by atoms with Crippen LogP contribution in [0.5, 0.6) is 0 Å². The Morgan fingerprint density at radius 2 is 2.05 bits per heavy atom. The molecule has 0 aromatic carbocycles. The minimum Gasteiger partial charge on any atom is -0.455 e. The van der Waals surface area contributed by atoms with Gasteiger partial charge in [-0.05, 0) is 32.9 Å². The lowest BCUT2D eigenvalue weighted by molar-refractivity contribution is 0.00629. The molecular formula is C14H21N3O2. The number of ether oxygens (including phenoxy) is 1. The van der Waals surface area contributed by atoms with Crippen LogP contribution in [0.15, 0.2) is 18.3 Å². The van der Waals surface area contributed by atoms with E-state index in [0.717, 1.165) is 31.9 Å². The molecule has 2 heterocycles. The van der Waals surface area contributed by atoms with Crippen LogP contribution in [-0.4, -0.2) is 42.7 Å². The SMILES string of the molecule is CC(C)(C)OC(=O)c1cc(N2CCNCC2)ccn1. The third-order valence-electron chi connectivity index (χ3n) is 2.83. The molecule has 0 bridgehead atoms. The Morgan fingerprint density at radius 3 is 2.68 bits per heavy atom. The molecule has 1 aliphatic heterocycles. The van der Waals surface area contributed by atoms with E-state index in [1.54, 1.807) is 12.3 Å². The number of hydrogen-bond donors (Lipinski definition) is 1. The summed E-state index contributed by atoms with van der Waals surface area (Å²) in [5.41, 5.74) is 0.896. The molecule has 1 fully saturated rings. The topological polar surface area (TPSA) is 54.5 Å². The van der Waals surface area contributed by atoms with Crippen molar-refractivity contribution in [3.8, 4) is 0 Å². The summed E-state index contributed by atoms with van der Waals surface area (Å²) in [6.07, 6.45) is 1.66. The smallest absolute Gasteiger partial charge is 0.357 e. The highest BCUT2D eigenvalue weighted by molar-refractivity contribution is 5.88. The predicted molar refractivity (Wildman–Crippen MR) is 74.5 cm³/mol. The van der Waals surface area contributed by atoms with Crippen LogP contribution in [0.25, 0.3) is 0 Å². The van der Waals surface area contributed by atoms with Gasteiger partial charge in [0.2, 0.25) is 0 Å². The Labute approximate surface area is 114 Å². The van der Waals surface area contributed by atoms with Crippen LogP contribution in [0.1, 0.15) is 31.3 Å². The molecule has 0 radical (unpaired) electrons. The molecule has 0 spiro atoms. The van der Waals surface area contributed by atoms with E-state index < -0.39 is 5.60 Å². The summed E-state index contributed by atoms with van der Waals surface area (Å²) in [6, 6.07) is 3.73. The number of nitrogens with zero attached hydrogens (tertiary/aromatic N) is 2. The van der Waals surface area contributed by atoms with Gasteiger partial charge < -0.3 is 15.0 Å². The third-order valence-corrected chi connectivity index (χ3v) is 2.83. The Balaban J connectivity index is 2.12. The van der Waals surface area contributed by atoms with Gasteiger partial charge in [0, 0.05) is 38.1 Å². The first-order chi connectivity index (χ1) is 8.96. The summed E-state index contributed by atoms with van der Waals surface area (Å²) < 4.78 is 5.33. The second-order valence-corrected chi connectivity index (χ2v) is 5.64. The molecule has 1 aromatic heterocycles. The Bertz CT molecular complexity index is 448. The van der Waals surface area contributed by atoms with E-state index in [0.29, 0.717) is 5.69 Å². The van der Waals surface area contributed by atoms with Crippen molar-refractivity contribution in [1.29, 1.82) is 0 Å². The van der Waals surface area contributed by atoms with Gasteiger partial charge in [-0.15, -0.1) is 0 Å². The van der Waals surface area contributed by atoms with Crippen molar-refractivity contribution >= 4 is 11.7 Å². The van der Waals surface area contributed by atoms with Crippen molar-refractivity contribution in [1.82, 2.24) is 10.3 Å². The molecule has 0 unspecified atom stereocenters. The number of rotatable bonds is 2. The minimum atomic E-state index is -0.496. The number of hydrogen-bond acceptors (Lipinski definition) is 5. The normalized spacial score (nSPS) is 16.3. The number of carbonyl (C=O) groups excluding carboxylic acids is 1. The van der Waals surface area contributed by atoms with E-state index in [1.807, 2.05) is 26.8 Å². The zero-order valence-corrected chi connectivity index (χ0v) is 11.8. The van der Waals surface area contributed by atoms with E-state index in [9.17, 15) is 4.79 Å². The van der Waals surface area contributed by atoms with Crippen molar-refractivity contribution in [2.45, 2.75) is 26.4 Å². The molecule has 104 valence electrons. The Morgan fingerprint density at radius 1 is 1.37 bits per heavy atom. The van der Waals surface area contributed by atoms with Crippen molar-refractivity contribution in [3.05, 3.63) is 24.0 Å². The van der Waals surface area contributed by atoms with Crippen LogP contribution in [0.2, 0.25) is 0 Å². The van der Waals surface area contributed by atoms with Gasteiger partial charge >= 0.3 is 5.97 Å². The van der Waals surface area contributed by atoms with Gasteiger partial charge in [-0.3, -0.25) is 0 Å². The van der Waals surface area contributed by atoms with E-state index in [1.165, 1.54) is 0 Å². The molecule has 19 heavy (non-hydrogen) atoms. The lowest BCUT2D eigenvalue weighted by Crippen LogP contribution is -2.43. The van der Waals surface area contributed by atoms with Gasteiger partial charge in [0.05, 0.1) is 0 Å². The van der Waals surface area contributed by atoms with Crippen molar-refractivity contribution in [2.24, 2.45) is 0 Å². The second kappa shape index (κ2) is 5.57. The fourth-order valence-electron chi connectivity index (χ4n) is 1.98. The van der Waals surface area contributed by atoms with Crippen LogP contribution in [0.3, 0.4) is 0 Å². The molecule has 0 aliphatic carbocycles. The molecular weight excluding hydrogens is 242 g/mol. The molecule has 0 amide bonds. The molecule has 1 saturated heterocycles. The molecule has 2 rings (SSSR count). The van der Waals surface area contributed by atoms with Gasteiger partial charge in [-0.2, -0.15) is 0 Å². The summed E-state index contributed by atoms with van der Waals surface area (Å²) in [5.74, 6) is -0.371. The molecule has 5 nitrogen and oxygen atoms in total. The van der Waals surface area contributed by atoms with Crippen LogP contribution in [-0.2, 0) is 4.74 Å². The summed E-state index contributed by atoms with van der Waals surface area (Å²) >= 11 is 0. The van der Waals surface area contributed by atoms with Crippen molar-refractivity contribution in [3.63, 3.8) is 0 Å². The molecule has 1 N–H and O–H groups in total. The van der Waals surface area contributed by atoms with Crippen molar-refractivity contribution < 1.29 is 9.53 Å². The predicted octanol–water partition coefficient (Wildman–Crippen LogP) is 1.45. The number of piperazine rings is 1. The van der Waals surface area contributed by atoms with Crippen molar-refractivity contribution in [2.75, 3.05) is 31.1 Å². The fraction of sp³-hybridized carbons (Fsp3) is 0.571. The zero-order valence-electron chi connectivity index (χ0n) is 11.8. The first-order valence-corrected chi connectivity index (χ1v) is 6.61. The second-order valence-electron chi connectivity index (χ2n) is 5.64. The molecule has 1 aliphatic rings. The molecule has 0 saturated carbocycles. The van der Waals surface area contributed by atoms with Crippen LogP contribution in [0, 0.1) is 0 Å². The van der Waals surface area contributed by atoms with E-state index in [4.69, 9.17) is 4.74 Å². The number of esters is 1. The minimum absolute atomic E-state index is 0.367. The maximum Gasteiger partial charge on any atom is 0.357 e. The summed E-state index contributed by atoms with van der Waals surface area (Å²) in [5, 5.41) is 3.30. The lowest BCUT2D eigenvalue weighted by Gasteiger charge is -2.29. The largest absolute Gasteiger partial charge is 0.455 e. The summed E-state index contributed by atoms with van der Waals surface area (Å²) in [4.78, 5) is 18.3. The Hall–Kier alpha value is -1.62. The Kier molecular flexibility index (Phi) is 4.04. The number of aromatic nitrogens is 1. The standard InChI is InChI=1S/C14H21N3O2/c1-14(2,3)19-13(18)12-10-11(4-5-16-12)17-8-6-15-7-9-17/h4-5,10,15H,6-9H2,1-3H3. The van der Waals surface area contributed by atoms with Crippen LogP contribution < -0.4 is 10.2 Å². The van der Waals surface area contributed by atoms with E-state index in [2.05, 4.69) is 15.2 Å². The number of anilines is 1. The van der Waals surface area contributed by atoms with Gasteiger partial charge in [0.1, 0.15) is 11.3 Å². The van der Waals surface area contributed by atoms with Crippen LogP contribution >= 0.6 is 0 Å². The monoisotopic (exact) mass is 263 g/mol. The highest BCUT2D eigenvalue weighted by atomic mass is 16.6. The highest BCUT2D eigenvalue weighted by Crippen LogP contribution is 2.17. The number of carbonyl (C=O) groups is 1. The van der Waals surface area contributed by atoms with Gasteiger partial charge in [0.15, 0.2) is 0 Å². The maximum atomic E-state index is 12.0. The lowest BCUT2D eigenvalue weighted by atomic mass is 10.2. The quantitative estimate of drug-likeness (QED) is 0.818. The molecule has 5 heteroatoms. The molecule has 0 atom stereocenters. The third kappa shape index (κ3) is 3.92. The van der Waals surface area contributed by atoms with E-state index in [-0.39, 0.29) is 5.97 Å². The number of nitrogens with one attached hydrogen (secondary N) is 1. The highest BCUT2D eigenvalue weighted by Gasteiger charge is 2.20. The van der Waals surface area contributed by atoms with Gasteiger partial charge in [-0.1, -0.05) is 0 Å². The first-order valence-electron chi connectivity index (χ1n) is 6.61. The first kappa shape index (κ1) is 13.8. The summed E-state index contributed by atoms with van der Waals surface area (Å²) in [6.45, 7) is 9.37. The maximum absolute atomic E-state index is 12.0. The zero-order chi connectivity index (χ0) is 13.9.